The third-order valence-electron chi connectivity index (χ3n) is 1.82. The van der Waals surface area contributed by atoms with Crippen LogP contribution < -0.4 is 11.1 Å². The van der Waals surface area contributed by atoms with E-state index in [1.807, 2.05) is 0 Å². The summed E-state index contributed by atoms with van der Waals surface area (Å²) >= 11 is 1.32. The minimum Gasteiger partial charge on any atom is -0.350 e. The number of amides is 1. The van der Waals surface area contributed by atoms with Crippen LogP contribution in [0.4, 0.5) is 0 Å². The molecular formula is C11H14N2O2S2. The molecule has 1 aromatic rings. The molecule has 1 rings (SSSR count). The number of rotatable bonds is 4. The van der Waals surface area contributed by atoms with Crippen LogP contribution in [0.15, 0.2) is 12.1 Å². The quantitative estimate of drug-likeness (QED) is 0.766. The molecule has 0 spiro atoms. The second kappa shape index (κ2) is 7.22. The van der Waals surface area contributed by atoms with Crippen LogP contribution in [-0.4, -0.2) is 35.2 Å². The van der Waals surface area contributed by atoms with E-state index in [-0.39, 0.29) is 5.91 Å². The molecule has 1 amide bonds. The highest BCUT2D eigenvalue weighted by Gasteiger charge is 2.07. The molecule has 4 nitrogen and oxygen atoms in total. The van der Waals surface area contributed by atoms with Crippen molar-refractivity contribution in [2.45, 2.75) is 0 Å². The van der Waals surface area contributed by atoms with E-state index in [4.69, 9.17) is 5.73 Å². The van der Waals surface area contributed by atoms with Crippen LogP contribution in [0.5, 0.6) is 0 Å². The van der Waals surface area contributed by atoms with Crippen molar-refractivity contribution >= 4 is 28.0 Å². The van der Waals surface area contributed by atoms with E-state index in [0.717, 1.165) is 4.88 Å². The van der Waals surface area contributed by atoms with Crippen LogP contribution >= 0.6 is 11.3 Å². The van der Waals surface area contributed by atoms with Gasteiger partial charge < -0.3 is 11.1 Å². The topological polar surface area (TPSA) is 72.2 Å². The van der Waals surface area contributed by atoms with Crippen molar-refractivity contribution in [1.82, 2.24) is 5.32 Å². The standard InChI is InChI=1S/C11H14N2O2S2/c1-17(15)8-7-13-11(14)10-5-4-9(16-10)3-2-6-12/h4-5H,6-8,12H2,1H3,(H,13,14). The van der Waals surface area contributed by atoms with E-state index in [1.165, 1.54) is 11.3 Å². The van der Waals surface area contributed by atoms with Gasteiger partial charge in [0.15, 0.2) is 0 Å². The maximum absolute atomic E-state index is 11.6. The van der Waals surface area contributed by atoms with Crippen LogP contribution in [0.2, 0.25) is 0 Å². The van der Waals surface area contributed by atoms with Gasteiger partial charge in [-0.15, -0.1) is 11.3 Å². The van der Waals surface area contributed by atoms with Crippen molar-refractivity contribution in [3.63, 3.8) is 0 Å². The molecule has 0 aliphatic carbocycles. The lowest BCUT2D eigenvalue weighted by Gasteiger charge is -2.00. The Kier molecular flexibility index (Phi) is 5.91. The molecule has 6 heteroatoms. The van der Waals surface area contributed by atoms with E-state index in [2.05, 4.69) is 17.2 Å². The smallest absolute Gasteiger partial charge is 0.261 e. The molecule has 1 aromatic heterocycles. The number of carbonyl (C=O) groups is 1. The molecule has 0 bridgehead atoms. The molecule has 3 N–H and O–H groups in total. The average Bonchev–Trinajstić information content (AvgIpc) is 2.74. The Hall–Kier alpha value is -1.16. The maximum atomic E-state index is 11.6. The third-order valence-corrected chi connectivity index (χ3v) is 3.60. The van der Waals surface area contributed by atoms with Gasteiger partial charge in [0.05, 0.1) is 16.3 Å². The molecule has 0 saturated heterocycles. The summed E-state index contributed by atoms with van der Waals surface area (Å²) in [5, 5.41) is 2.71. The minimum atomic E-state index is -0.885. The molecule has 0 radical (unpaired) electrons. The largest absolute Gasteiger partial charge is 0.350 e. The zero-order chi connectivity index (χ0) is 12.7. The van der Waals surface area contributed by atoms with E-state index in [9.17, 15) is 9.00 Å². The molecular weight excluding hydrogens is 256 g/mol. The molecule has 17 heavy (non-hydrogen) atoms. The summed E-state index contributed by atoms with van der Waals surface area (Å²) in [6, 6.07) is 3.52. The van der Waals surface area contributed by atoms with Gasteiger partial charge in [0.1, 0.15) is 0 Å². The molecule has 1 atom stereocenters. The molecule has 0 saturated carbocycles. The zero-order valence-electron chi connectivity index (χ0n) is 9.49. The van der Waals surface area contributed by atoms with Crippen molar-refractivity contribution in [1.29, 1.82) is 0 Å². The number of hydrogen-bond acceptors (Lipinski definition) is 4. The van der Waals surface area contributed by atoms with Crippen LogP contribution in [0.3, 0.4) is 0 Å². The van der Waals surface area contributed by atoms with Gasteiger partial charge in [-0.2, -0.15) is 0 Å². The summed E-state index contributed by atoms with van der Waals surface area (Å²) in [6.45, 7) is 0.728. The number of hydrogen-bond donors (Lipinski definition) is 2. The lowest BCUT2D eigenvalue weighted by atomic mass is 10.4. The number of nitrogens with one attached hydrogen (secondary N) is 1. The second-order valence-electron chi connectivity index (χ2n) is 3.20. The van der Waals surface area contributed by atoms with Crippen molar-refractivity contribution in [2.24, 2.45) is 5.73 Å². The Bertz CT molecular complexity index is 471. The van der Waals surface area contributed by atoms with Crippen LogP contribution in [0.1, 0.15) is 14.5 Å². The molecule has 0 aliphatic heterocycles. The summed E-state index contributed by atoms with van der Waals surface area (Å²) < 4.78 is 10.8. The fourth-order valence-corrected chi connectivity index (χ4v) is 2.25. The number of nitrogens with two attached hydrogens (primary N) is 1. The summed E-state index contributed by atoms with van der Waals surface area (Å²) in [7, 11) is -0.885. The third kappa shape index (κ3) is 5.13. The Labute approximate surface area is 107 Å². The van der Waals surface area contributed by atoms with Crippen LogP contribution in [0, 0.1) is 11.8 Å². The lowest BCUT2D eigenvalue weighted by molar-refractivity contribution is 0.0960. The van der Waals surface area contributed by atoms with E-state index in [0.29, 0.717) is 23.7 Å². The van der Waals surface area contributed by atoms with Gasteiger partial charge in [-0.25, -0.2) is 0 Å². The first-order chi connectivity index (χ1) is 8.13. The van der Waals surface area contributed by atoms with E-state index >= 15 is 0 Å². The van der Waals surface area contributed by atoms with Gasteiger partial charge >= 0.3 is 0 Å². The zero-order valence-corrected chi connectivity index (χ0v) is 11.1. The predicted molar refractivity (Wildman–Crippen MR) is 71.5 cm³/mol. The molecule has 1 heterocycles. The second-order valence-corrected chi connectivity index (χ2v) is 5.84. The Morgan fingerprint density at radius 1 is 1.59 bits per heavy atom. The molecule has 1 unspecified atom stereocenters. The number of thiophene rings is 1. The Morgan fingerprint density at radius 2 is 2.35 bits per heavy atom. The van der Waals surface area contributed by atoms with Gasteiger partial charge in [-0.05, 0) is 12.1 Å². The van der Waals surface area contributed by atoms with Gasteiger partial charge in [-0.3, -0.25) is 9.00 Å². The van der Waals surface area contributed by atoms with E-state index in [1.54, 1.807) is 18.4 Å². The highest BCUT2D eigenvalue weighted by molar-refractivity contribution is 7.84. The van der Waals surface area contributed by atoms with Crippen molar-refractivity contribution in [3.8, 4) is 11.8 Å². The Balaban J connectivity index is 2.52. The van der Waals surface area contributed by atoms with Gasteiger partial charge in [0.2, 0.25) is 0 Å². The lowest BCUT2D eigenvalue weighted by Crippen LogP contribution is -2.26. The molecule has 0 aliphatic rings. The summed E-state index contributed by atoms with van der Waals surface area (Å²) in [5.41, 5.74) is 5.26. The maximum Gasteiger partial charge on any atom is 0.261 e. The number of carbonyl (C=O) groups excluding carboxylic acids is 1. The molecule has 0 fully saturated rings. The summed E-state index contributed by atoms with van der Waals surface area (Å²) in [5.74, 6) is 5.92. The molecule has 0 aromatic carbocycles. The van der Waals surface area contributed by atoms with Gasteiger partial charge in [0.25, 0.3) is 5.91 Å². The first-order valence-corrected chi connectivity index (χ1v) is 7.55. The predicted octanol–water partition coefficient (Wildman–Crippen LogP) is 0.167. The van der Waals surface area contributed by atoms with Gasteiger partial charge in [-0.1, -0.05) is 11.8 Å². The fourth-order valence-electron chi connectivity index (χ4n) is 1.06. The van der Waals surface area contributed by atoms with Crippen molar-refractivity contribution in [2.75, 3.05) is 25.1 Å². The van der Waals surface area contributed by atoms with Crippen molar-refractivity contribution in [3.05, 3.63) is 21.9 Å². The van der Waals surface area contributed by atoms with Gasteiger partial charge in [0, 0.05) is 29.4 Å². The Morgan fingerprint density at radius 3 is 3.00 bits per heavy atom. The van der Waals surface area contributed by atoms with Crippen LogP contribution in [0.25, 0.3) is 0 Å². The highest BCUT2D eigenvalue weighted by Crippen LogP contribution is 2.14. The summed E-state index contributed by atoms with van der Waals surface area (Å²) in [6.07, 6.45) is 1.61. The summed E-state index contributed by atoms with van der Waals surface area (Å²) in [4.78, 5) is 13.1. The van der Waals surface area contributed by atoms with Crippen LogP contribution in [-0.2, 0) is 10.8 Å². The SMILES string of the molecule is CS(=O)CCNC(=O)c1ccc(C#CCN)s1. The van der Waals surface area contributed by atoms with E-state index < -0.39 is 10.8 Å². The normalized spacial score (nSPS) is 11.4. The monoisotopic (exact) mass is 270 g/mol. The molecule has 92 valence electrons. The minimum absolute atomic E-state index is 0.152. The highest BCUT2D eigenvalue weighted by atomic mass is 32.2. The first kappa shape index (κ1) is 13.9. The van der Waals surface area contributed by atoms with Crippen molar-refractivity contribution < 1.29 is 9.00 Å². The first-order valence-electron chi connectivity index (χ1n) is 5.00. The average molecular weight is 270 g/mol. The fraction of sp³-hybridized carbons (Fsp3) is 0.364.